The zero-order chi connectivity index (χ0) is 11.1. The van der Waals surface area contributed by atoms with Crippen molar-refractivity contribution < 1.29 is 4.79 Å². The second-order valence-corrected chi connectivity index (χ2v) is 5.34. The number of carbonyl (C=O) groups is 1. The van der Waals surface area contributed by atoms with E-state index in [0.717, 1.165) is 37.9 Å². The molecule has 96 valence electrons. The van der Waals surface area contributed by atoms with Crippen molar-refractivity contribution in [2.75, 3.05) is 11.5 Å². The van der Waals surface area contributed by atoms with Crippen molar-refractivity contribution in [3.8, 4) is 0 Å². The second-order valence-electron chi connectivity index (χ2n) is 4.23. The number of rotatable bonds is 5. The van der Waals surface area contributed by atoms with Gasteiger partial charge in [0.05, 0.1) is 5.75 Å². The van der Waals surface area contributed by atoms with Gasteiger partial charge in [-0.1, -0.05) is 6.92 Å². The van der Waals surface area contributed by atoms with Crippen LogP contribution in [-0.4, -0.2) is 29.5 Å². The molecule has 1 aliphatic carbocycles. The summed E-state index contributed by atoms with van der Waals surface area (Å²) in [5.41, 5.74) is 5.81. The third-order valence-electron chi connectivity index (χ3n) is 2.72. The van der Waals surface area contributed by atoms with Gasteiger partial charge in [0.25, 0.3) is 0 Å². The van der Waals surface area contributed by atoms with Crippen molar-refractivity contribution in [1.29, 1.82) is 0 Å². The van der Waals surface area contributed by atoms with Crippen LogP contribution in [0.25, 0.3) is 0 Å². The molecule has 1 amide bonds. The number of amides is 1. The van der Waals surface area contributed by atoms with Crippen molar-refractivity contribution in [2.45, 2.75) is 51.1 Å². The fourth-order valence-electron chi connectivity index (χ4n) is 1.84. The van der Waals surface area contributed by atoms with Gasteiger partial charge in [-0.2, -0.15) is 11.8 Å². The van der Waals surface area contributed by atoms with Gasteiger partial charge >= 0.3 is 0 Å². The molecule has 0 aromatic heterocycles. The Morgan fingerprint density at radius 1 is 1.38 bits per heavy atom. The number of nitrogens with two attached hydrogens (primary N) is 1. The van der Waals surface area contributed by atoms with Gasteiger partial charge in [-0.05, 0) is 37.9 Å². The number of thioether (sulfide) groups is 1. The average molecular weight is 267 g/mol. The lowest BCUT2D eigenvalue weighted by Gasteiger charge is -2.26. The summed E-state index contributed by atoms with van der Waals surface area (Å²) in [7, 11) is 0. The molecule has 3 N–H and O–H groups in total. The normalized spacial score (nSPS) is 24.6. The van der Waals surface area contributed by atoms with Gasteiger partial charge < -0.3 is 11.1 Å². The van der Waals surface area contributed by atoms with Crippen LogP contribution in [0.4, 0.5) is 0 Å². The third-order valence-corrected chi connectivity index (χ3v) is 3.88. The van der Waals surface area contributed by atoms with Gasteiger partial charge in [-0.3, -0.25) is 4.79 Å². The highest BCUT2D eigenvalue weighted by molar-refractivity contribution is 7.99. The summed E-state index contributed by atoms with van der Waals surface area (Å²) >= 11 is 1.71. The van der Waals surface area contributed by atoms with E-state index in [2.05, 4.69) is 12.2 Å². The summed E-state index contributed by atoms with van der Waals surface area (Å²) < 4.78 is 0. The van der Waals surface area contributed by atoms with Crippen LogP contribution in [0.2, 0.25) is 0 Å². The molecule has 16 heavy (non-hydrogen) atoms. The fourth-order valence-corrected chi connectivity index (χ4v) is 2.54. The molecule has 0 bridgehead atoms. The van der Waals surface area contributed by atoms with Crippen LogP contribution in [0.1, 0.15) is 39.0 Å². The summed E-state index contributed by atoms with van der Waals surface area (Å²) in [5, 5.41) is 3.08. The molecule has 0 saturated heterocycles. The van der Waals surface area contributed by atoms with Crippen molar-refractivity contribution in [1.82, 2.24) is 5.32 Å². The Bertz CT molecular complexity index is 196. The Morgan fingerprint density at radius 3 is 2.56 bits per heavy atom. The monoisotopic (exact) mass is 266 g/mol. The van der Waals surface area contributed by atoms with Gasteiger partial charge in [0.2, 0.25) is 5.91 Å². The minimum Gasteiger partial charge on any atom is -0.353 e. The number of nitrogens with one attached hydrogen (secondary N) is 1. The molecule has 1 aliphatic rings. The summed E-state index contributed by atoms with van der Waals surface area (Å²) in [6.07, 6.45) is 5.33. The van der Waals surface area contributed by atoms with Gasteiger partial charge in [0.15, 0.2) is 0 Å². The predicted octanol–water partition coefficient (Wildman–Crippen LogP) is 1.94. The highest BCUT2D eigenvalue weighted by Gasteiger charge is 2.19. The van der Waals surface area contributed by atoms with E-state index in [-0.39, 0.29) is 18.3 Å². The first-order valence-corrected chi connectivity index (χ1v) is 7.00. The molecule has 0 aliphatic heterocycles. The molecule has 1 fully saturated rings. The maximum atomic E-state index is 11.5. The van der Waals surface area contributed by atoms with Crippen LogP contribution >= 0.6 is 24.2 Å². The second kappa shape index (κ2) is 9.14. The first-order valence-electron chi connectivity index (χ1n) is 5.85. The van der Waals surface area contributed by atoms with Gasteiger partial charge in [-0.25, -0.2) is 0 Å². The summed E-state index contributed by atoms with van der Waals surface area (Å²) in [4.78, 5) is 11.5. The summed E-state index contributed by atoms with van der Waals surface area (Å²) in [6.45, 7) is 2.13. The van der Waals surface area contributed by atoms with E-state index in [1.54, 1.807) is 11.8 Å². The maximum Gasteiger partial charge on any atom is 0.230 e. The summed E-state index contributed by atoms with van der Waals surface area (Å²) in [5.74, 6) is 1.87. The molecule has 0 unspecified atom stereocenters. The smallest absolute Gasteiger partial charge is 0.230 e. The number of carbonyl (C=O) groups excluding carboxylic acids is 1. The third kappa shape index (κ3) is 6.61. The van der Waals surface area contributed by atoms with Gasteiger partial charge in [0, 0.05) is 12.1 Å². The molecular weight excluding hydrogens is 244 g/mol. The zero-order valence-electron chi connectivity index (χ0n) is 9.91. The zero-order valence-corrected chi connectivity index (χ0v) is 11.5. The number of hydrogen-bond acceptors (Lipinski definition) is 3. The first kappa shape index (κ1) is 16.1. The van der Waals surface area contributed by atoms with Gasteiger partial charge in [-0.15, -0.1) is 12.4 Å². The minimum atomic E-state index is 0. The first-order chi connectivity index (χ1) is 7.22. The molecular formula is C11H23ClN2OS. The highest BCUT2D eigenvalue weighted by atomic mass is 35.5. The van der Waals surface area contributed by atoms with Crippen LogP contribution < -0.4 is 11.1 Å². The van der Waals surface area contributed by atoms with E-state index in [1.165, 1.54) is 0 Å². The Balaban J connectivity index is 0.00000225. The van der Waals surface area contributed by atoms with Crippen molar-refractivity contribution in [3.63, 3.8) is 0 Å². The maximum absolute atomic E-state index is 11.5. The average Bonchev–Trinajstić information content (AvgIpc) is 2.22. The predicted molar refractivity (Wildman–Crippen MR) is 73.2 cm³/mol. The molecule has 5 heteroatoms. The number of halogens is 1. The number of hydrogen-bond donors (Lipinski definition) is 2. The Hall–Kier alpha value is 0.0700. The topological polar surface area (TPSA) is 55.1 Å². The van der Waals surface area contributed by atoms with Crippen LogP contribution in [0, 0.1) is 0 Å². The lowest BCUT2D eigenvalue weighted by molar-refractivity contribution is -0.119. The molecule has 0 aromatic carbocycles. The lowest BCUT2D eigenvalue weighted by Crippen LogP contribution is -2.41. The molecule has 0 radical (unpaired) electrons. The van der Waals surface area contributed by atoms with Crippen LogP contribution in [-0.2, 0) is 4.79 Å². The molecule has 0 aromatic rings. The van der Waals surface area contributed by atoms with Crippen LogP contribution in [0.15, 0.2) is 0 Å². The standard InChI is InChI=1S/C11H22N2OS.ClH/c1-2-7-15-8-11(14)13-10-5-3-9(12)4-6-10;/h9-10H,2-8,12H2,1H3,(H,13,14);1H. The van der Waals surface area contributed by atoms with E-state index in [4.69, 9.17) is 5.73 Å². The van der Waals surface area contributed by atoms with E-state index < -0.39 is 0 Å². The van der Waals surface area contributed by atoms with Crippen molar-refractivity contribution in [3.05, 3.63) is 0 Å². The summed E-state index contributed by atoms with van der Waals surface area (Å²) in [6, 6.07) is 0.729. The Kier molecular flexibility index (Phi) is 9.18. The van der Waals surface area contributed by atoms with E-state index >= 15 is 0 Å². The molecule has 1 rings (SSSR count). The minimum absolute atomic E-state index is 0. The highest BCUT2D eigenvalue weighted by Crippen LogP contribution is 2.17. The molecule has 0 atom stereocenters. The molecule has 0 spiro atoms. The fraction of sp³-hybridized carbons (Fsp3) is 0.909. The quantitative estimate of drug-likeness (QED) is 0.748. The lowest BCUT2D eigenvalue weighted by atomic mass is 9.92. The van der Waals surface area contributed by atoms with Crippen LogP contribution in [0.5, 0.6) is 0 Å². The molecule has 3 nitrogen and oxygen atoms in total. The largest absolute Gasteiger partial charge is 0.353 e. The molecule has 1 saturated carbocycles. The van der Waals surface area contributed by atoms with Gasteiger partial charge in [0.1, 0.15) is 0 Å². The van der Waals surface area contributed by atoms with E-state index in [1.807, 2.05) is 0 Å². The SMILES string of the molecule is CCCSCC(=O)NC1CCC(N)CC1.Cl. The van der Waals surface area contributed by atoms with Crippen LogP contribution in [0.3, 0.4) is 0 Å². The Labute approximate surface area is 109 Å². The van der Waals surface area contributed by atoms with Crippen molar-refractivity contribution >= 4 is 30.1 Å². The van der Waals surface area contributed by atoms with E-state index in [9.17, 15) is 4.79 Å². The van der Waals surface area contributed by atoms with E-state index in [0.29, 0.717) is 17.8 Å². The van der Waals surface area contributed by atoms with Crippen molar-refractivity contribution in [2.24, 2.45) is 5.73 Å². The molecule has 0 heterocycles. The Morgan fingerprint density at radius 2 is 2.00 bits per heavy atom.